The molecule has 2 rings (SSSR count). The standard InChI is InChI=1S/C17H27NO/c1-16(2,3)13-6-7-15(19-5)14(12-13)17(4)8-10-18-11-9-17/h6-7,12,18H,8-11H2,1-5H3. The van der Waals surface area contributed by atoms with Gasteiger partial charge in [-0.2, -0.15) is 0 Å². The minimum Gasteiger partial charge on any atom is -0.496 e. The number of hydrogen-bond donors (Lipinski definition) is 1. The molecule has 1 heterocycles. The van der Waals surface area contributed by atoms with E-state index in [4.69, 9.17) is 4.74 Å². The monoisotopic (exact) mass is 261 g/mol. The third-order valence-electron chi connectivity index (χ3n) is 4.42. The second-order valence-electron chi connectivity index (χ2n) is 6.98. The summed E-state index contributed by atoms with van der Waals surface area (Å²) in [5.41, 5.74) is 3.19. The summed E-state index contributed by atoms with van der Waals surface area (Å²) < 4.78 is 5.61. The van der Waals surface area contributed by atoms with Crippen LogP contribution < -0.4 is 10.1 Å². The molecule has 2 heteroatoms. The Morgan fingerprint density at radius 2 is 1.79 bits per heavy atom. The summed E-state index contributed by atoms with van der Waals surface area (Å²) in [6, 6.07) is 6.71. The number of nitrogens with one attached hydrogen (secondary N) is 1. The van der Waals surface area contributed by atoms with Crippen LogP contribution in [0.15, 0.2) is 18.2 Å². The first-order valence-corrected chi connectivity index (χ1v) is 7.26. The molecule has 0 saturated carbocycles. The van der Waals surface area contributed by atoms with E-state index in [0.29, 0.717) is 0 Å². The van der Waals surface area contributed by atoms with E-state index < -0.39 is 0 Å². The van der Waals surface area contributed by atoms with Gasteiger partial charge in [0, 0.05) is 5.56 Å². The van der Waals surface area contributed by atoms with Crippen molar-refractivity contribution in [2.45, 2.75) is 51.4 Å². The molecule has 1 aromatic carbocycles. The number of piperidine rings is 1. The zero-order valence-corrected chi connectivity index (χ0v) is 13.0. The van der Waals surface area contributed by atoms with E-state index in [9.17, 15) is 0 Å². The number of methoxy groups -OCH3 is 1. The van der Waals surface area contributed by atoms with E-state index in [-0.39, 0.29) is 10.8 Å². The summed E-state index contributed by atoms with van der Waals surface area (Å²) in [7, 11) is 1.78. The molecule has 1 saturated heterocycles. The van der Waals surface area contributed by atoms with E-state index in [0.717, 1.165) is 18.8 Å². The van der Waals surface area contributed by atoms with Crippen molar-refractivity contribution in [1.82, 2.24) is 5.32 Å². The van der Waals surface area contributed by atoms with Gasteiger partial charge in [-0.15, -0.1) is 0 Å². The van der Waals surface area contributed by atoms with Gasteiger partial charge in [-0.05, 0) is 48.4 Å². The van der Waals surface area contributed by atoms with Gasteiger partial charge in [0.2, 0.25) is 0 Å². The molecule has 1 aliphatic rings. The zero-order valence-electron chi connectivity index (χ0n) is 13.0. The molecule has 0 spiro atoms. The molecular weight excluding hydrogens is 234 g/mol. The van der Waals surface area contributed by atoms with Crippen molar-refractivity contribution in [3.05, 3.63) is 29.3 Å². The summed E-state index contributed by atoms with van der Waals surface area (Å²) in [5.74, 6) is 1.04. The van der Waals surface area contributed by atoms with Gasteiger partial charge in [0.1, 0.15) is 5.75 Å². The SMILES string of the molecule is COc1ccc(C(C)(C)C)cc1C1(C)CCNCC1. The lowest BCUT2D eigenvalue weighted by Gasteiger charge is -2.36. The maximum atomic E-state index is 5.61. The summed E-state index contributed by atoms with van der Waals surface area (Å²) in [5, 5.41) is 3.45. The van der Waals surface area contributed by atoms with E-state index >= 15 is 0 Å². The quantitative estimate of drug-likeness (QED) is 0.877. The molecule has 1 N–H and O–H groups in total. The van der Waals surface area contributed by atoms with Crippen LogP contribution >= 0.6 is 0 Å². The highest BCUT2D eigenvalue weighted by Gasteiger charge is 2.32. The van der Waals surface area contributed by atoms with E-state index in [1.165, 1.54) is 24.0 Å². The van der Waals surface area contributed by atoms with Crippen molar-refractivity contribution in [3.8, 4) is 5.75 Å². The van der Waals surface area contributed by atoms with Crippen LogP contribution in [0.2, 0.25) is 0 Å². The molecule has 0 atom stereocenters. The zero-order chi connectivity index (χ0) is 14.1. The molecule has 1 aliphatic heterocycles. The number of rotatable bonds is 2. The lowest BCUT2D eigenvalue weighted by atomic mass is 9.73. The average molecular weight is 261 g/mol. The number of hydrogen-bond acceptors (Lipinski definition) is 2. The minimum absolute atomic E-state index is 0.185. The van der Waals surface area contributed by atoms with Crippen molar-refractivity contribution < 1.29 is 4.74 Å². The first-order valence-electron chi connectivity index (χ1n) is 7.26. The highest BCUT2D eigenvalue weighted by atomic mass is 16.5. The normalized spacial score (nSPS) is 19.2. The molecule has 0 aromatic heterocycles. The van der Waals surface area contributed by atoms with Crippen LogP contribution in [-0.2, 0) is 10.8 Å². The molecule has 0 amide bonds. The molecular formula is C17H27NO. The van der Waals surface area contributed by atoms with E-state index in [1.54, 1.807) is 7.11 Å². The molecule has 1 fully saturated rings. The molecule has 2 nitrogen and oxygen atoms in total. The lowest BCUT2D eigenvalue weighted by molar-refractivity contribution is 0.316. The van der Waals surface area contributed by atoms with Crippen LogP contribution in [0.3, 0.4) is 0 Å². The molecule has 0 bridgehead atoms. The van der Waals surface area contributed by atoms with Crippen LogP contribution in [0.25, 0.3) is 0 Å². The Morgan fingerprint density at radius 3 is 2.32 bits per heavy atom. The topological polar surface area (TPSA) is 21.3 Å². The fourth-order valence-electron chi connectivity index (χ4n) is 2.89. The van der Waals surface area contributed by atoms with Crippen molar-refractivity contribution in [2.24, 2.45) is 0 Å². The van der Waals surface area contributed by atoms with Gasteiger partial charge in [-0.1, -0.05) is 39.8 Å². The summed E-state index contributed by atoms with van der Waals surface area (Å²) in [6.45, 7) is 11.4. The van der Waals surface area contributed by atoms with Gasteiger partial charge in [0.05, 0.1) is 7.11 Å². The molecule has 19 heavy (non-hydrogen) atoms. The Labute approximate surface area is 117 Å². The van der Waals surface area contributed by atoms with Crippen molar-refractivity contribution >= 4 is 0 Å². The minimum atomic E-state index is 0.185. The third kappa shape index (κ3) is 2.94. The lowest BCUT2D eigenvalue weighted by Crippen LogP contribution is -2.38. The second-order valence-corrected chi connectivity index (χ2v) is 6.98. The largest absolute Gasteiger partial charge is 0.496 e. The van der Waals surface area contributed by atoms with Gasteiger partial charge < -0.3 is 10.1 Å². The smallest absolute Gasteiger partial charge is 0.122 e. The Kier molecular flexibility index (Phi) is 3.91. The molecule has 1 aromatic rings. The average Bonchev–Trinajstić information content (AvgIpc) is 2.38. The fraction of sp³-hybridized carbons (Fsp3) is 0.647. The van der Waals surface area contributed by atoms with Gasteiger partial charge >= 0.3 is 0 Å². The predicted molar refractivity (Wildman–Crippen MR) is 81.1 cm³/mol. The van der Waals surface area contributed by atoms with Crippen molar-refractivity contribution in [3.63, 3.8) is 0 Å². The van der Waals surface area contributed by atoms with Crippen LogP contribution in [0.4, 0.5) is 0 Å². The van der Waals surface area contributed by atoms with Crippen LogP contribution in [0, 0.1) is 0 Å². The van der Waals surface area contributed by atoms with Crippen LogP contribution in [0.1, 0.15) is 51.7 Å². The first kappa shape index (κ1) is 14.4. The third-order valence-corrected chi connectivity index (χ3v) is 4.42. The highest BCUT2D eigenvalue weighted by Crippen LogP contribution is 2.40. The highest BCUT2D eigenvalue weighted by molar-refractivity contribution is 5.44. The van der Waals surface area contributed by atoms with Crippen LogP contribution in [0.5, 0.6) is 5.75 Å². The predicted octanol–water partition coefficient (Wildman–Crippen LogP) is 3.63. The summed E-state index contributed by atoms with van der Waals surface area (Å²) >= 11 is 0. The maximum Gasteiger partial charge on any atom is 0.122 e. The number of benzene rings is 1. The molecule has 106 valence electrons. The maximum absolute atomic E-state index is 5.61. The fourth-order valence-corrected chi connectivity index (χ4v) is 2.89. The van der Waals surface area contributed by atoms with E-state index in [1.807, 2.05) is 0 Å². The summed E-state index contributed by atoms with van der Waals surface area (Å²) in [6.07, 6.45) is 2.36. The molecule has 0 unspecified atom stereocenters. The van der Waals surface area contributed by atoms with Gasteiger partial charge in [0.15, 0.2) is 0 Å². The van der Waals surface area contributed by atoms with Gasteiger partial charge in [-0.3, -0.25) is 0 Å². The van der Waals surface area contributed by atoms with Gasteiger partial charge in [0.25, 0.3) is 0 Å². The molecule has 0 radical (unpaired) electrons. The first-order chi connectivity index (χ1) is 8.87. The Hall–Kier alpha value is -1.02. The van der Waals surface area contributed by atoms with Gasteiger partial charge in [-0.25, -0.2) is 0 Å². The molecule has 0 aliphatic carbocycles. The van der Waals surface area contributed by atoms with Crippen molar-refractivity contribution in [1.29, 1.82) is 0 Å². The summed E-state index contributed by atoms with van der Waals surface area (Å²) in [4.78, 5) is 0. The Balaban J connectivity index is 2.47. The Bertz CT molecular complexity index is 439. The van der Waals surface area contributed by atoms with Crippen LogP contribution in [-0.4, -0.2) is 20.2 Å². The van der Waals surface area contributed by atoms with Crippen molar-refractivity contribution in [2.75, 3.05) is 20.2 Å². The Morgan fingerprint density at radius 1 is 1.16 bits per heavy atom. The van der Waals surface area contributed by atoms with E-state index in [2.05, 4.69) is 51.2 Å². The second kappa shape index (κ2) is 5.16. The number of ether oxygens (including phenoxy) is 1.